The molecule has 0 bridgehead atoms. The second-order valence-electron chi connectivity index (χ2n) is 10.1. The van der Waals surface area contributed by atoms with E-state index in [0.29, 0.717) is 10.7 Å². The van der Waals surface area contributed by atoms with Crippen molar-refractivity contribution in [2.45, 2.75) is 37.8 Å². The normalized spacial score (nSPS) is 11.9. The number of sulfonamides is 1. The minimum absolute atomic E-state index is 0.00218. The van der Waals surface area contributed by atoms with Crippen molar-refractivity contribution in [2.75, 3.05) is 17.9 Å². The summed E-state index contributed by atoms with van der Waals surface area (Å²) in [7, 11) is -2.65. The van der Waals surface area contributed by atoms with Crippen molar-refractivity contribution in [1.82, 2.24) is 10.2 Å². The van der Waals surface area contributed by atoms with Gasteiger partial charge in [0.05, 0.1) is 10.6 Å². The van der Waals surface area contributed by atoms with Crippen LogP contribution in [0.4, 0.5) is 5.69 Å². The number of halogens is 1. The summed E-state index contributed by atoms with van der Waals surface area (Å²) in [6, 6.07) is 29.0. The van der Waals surface area contributed by atoms with Crippen LogP contribution in [-0.4, -0.2) is 44.8 Å². The smallest absolute Gasteiger partial charge is 0.264 e. The van der Waals surface area contributed by atoms with E-state index in [1.54, 1.807) is 24.3 Å². The maximum absolute atomic E-state index is 14.3. The van der Waals surface area contributed by atoms with Crippen LogP contribution in [0.3, 0.4) is 0 Å². The zero-order valence-electron chi connectivity index (χ0n) is 23.8. The van der Waals surface area contributed by atoms with E-state index in [-0.39, 0.29) is 23.8 Å². The Morgan fingerprint density at radius 3 is 2.07 bits per heavy atom. The fraction of sp³-hybridized carbons (Fsp3) is 0.212. The topological polar surface area (TPSA) is 86.8 Å². The summed E-state index contributed by atoms with van der Waals surface area (Å²) in [5, 5.41) is 3.09. The maximum atomic E-state index is 14.3. The summed E-state index contributed by atoms with van der Waals surface area (Å²) < 4.78 is 29.0. The molecular weight excluding hydrogens is 570 g/mol. The Bertz CT molecular complexity index is 1630. The molecular formula is C33H34ClN3O4S. The lowest BCUT2D eigenvalue weighted by Crippen LogP contribution is -2.53. The molecule has 7 nitrogen and oxygen atoms in total. The highest BCUT2D eigenvalue weighted by Crippen LogP contribution is 2.26. The minimum atomic E-state index is -4.18. The van der Waals surface area contributed by atoms with Crippen LogP contribution in [0.2, 0.25) is 5.02 Å². The fourth-order valence-corrected chi connectivity index (χ4v) is 6.24. The van der Waals surface area contributed by atoms with E-state index in [9.17, 15) is 18.0 Å². The molecule has 9 heteroatoms. The number of amides is 2. The molecule has 0 aromatic heterocycles. The Balaban J connectivity index is 1.78. The lowest BCUT2D eigenvalue weighted by Gasteiger charge is -2.33. The maximum Gasteiger partial charge on any atom is 0.264 e. The molecule has 0 saturated carbocycles. The van der Waals surface area contributed by atoms with Crippen molar-refractivity contribution < 1.29 is 18.0 Å². The largest absolute Gasteiger partial charge is 0.357 e. The van der Waals surface area contributed by atoms with E-state index < -0.39 is 28.5 Å². The van der Waals surface area contributed by atoms with Crippen LogP contribution in [0, 0.1) is 13.8 Å². The number of rotatable bonds is 11. The molecule has 0 aliphatic heterocycles. The van der Waals surface area contributed by atoms with Crippen molar-refractivity contribution in [2.24, 2.45) is 0 Å². The summed E-state index contributed by atoms with van der Waals surface area (Å²) in [6.45, 7) is 3.46. The van der Waals surface area contributed by atoms with Gasteiger partial charge in [-0.2, -0.15) is 0 Å². The zero-order valence-corrected chi connectivity index (χ0v) is 25.4. The summed E-state index contributed by atoms with van der Waals surface area (Å²) in [5.41, 5.74) is 3.98. The van der Waals surface area contributed by atoms with E-state index >= 15 is 0 Å². The summed E-state index contributed by atoms with van der Waals surface area (Å²) in [4.78, 5) is 29.1. The number of nitrogens with one attached hydrogen (secondary N) is 1. The van der Waals surface area contributed by atoms with Gasteiger partial charge in [0, 0.05) is 25.0 Å². The first-order chi connectivity index (χ1) is 20.1. The lowest BCUT2D eigenvalue weighted by atomic mass is 10.0. The second kappa shape index (κ2) is 13.7. The van der Waals surface area contributed by atoms with Crippen LogP contribution in [0.25, 0.3) is 0 Å². The van der Waals surface area contributed by atoms with E-state index in [2.05, 4.69) is 5.32 Å². The van der Waals surface area contributed by atoms with E-state index in [1.165, 1.54) is 36.2 Å². The summed E-state index contributed by atoms with van der Waals surface area (Å²) >= 11 is 6.03. The predicted octanol–water partition coefficient (Wildman–Crippen LogP) is 5.54. The highest BCUT2D eigenvalue weighted by atomic mass is 35.5. The first-order valence-electron chi connectivity index (χ1n) is 13.5. The molecule has 218 valence electrons. The third kappa shape index (κ3) is 7.57. The van der Waals surface area contributed by atoms with Crippen molar-refractivity contribution in [3.05, 3.63) is 130 Å². The Hall–Kier alpha value is -4.14. The van der Waals surface area contributed by atoms with Crippen molar-refractivity contribution in [3.63, 3.8) is 0 Å². The monoisotopic (exact) mass is 603 g/mol. The number of carbonyl (C=O) groups is 2. The quantitative estimate of drug-likeness (QED) is 0.244. The first-order valence-corrected chi connectivity index (χ1v) is 15.4. The van der Waals surface area contributed by atoms with E-state index in [0.717, 1.165) is 26.6 Å². The average Bonchev–Trinajstić information content (AvgIpc) is 2.98. The molecule has 1 unspecified atom stereocenters. The Morgan fingerprint density at radius 2 is 1.45 bits per heavy atom. The summed E-state index contributed by atoms with van der Waals surface area (Å²) in [5.74, 6) is -0.860. The van der Waals surface area contributed by atoms with Gasteiger partial charge in [0.25, 0.3) is 10.0 Å². The Labute approximate surface area is 252 Å². The number of carbonyl (C=O) groups excluding carboxylic acids is 2. The van der Waals surface area contributed by atoms with Crippen LogP contribution in [0.15, 0.2) is 108 Å². The summed E-state index contributed by atoms with van der Waals surface area (Å²) in [6.07, 6.45) is 0.256. The Kier molecular flexibility index (Phi) is 10.0. The molecule has 0 aliphatic rings. The van der Waals surface area contributed by atoms with Crippen LogP contribution >= 0.6 is 11.6 Å². The predicted molar refractivity (Wildman–Crippen MR) is 167 cm³/mol. The molecule has 4 aromatic rings. The number of hydrogen-bond acceptors (Lipinski definition) is 4. The lowest BCUT2D eigenvalue weighted by molar-refractivity contribution is -0.139. The third-order valence-electron chi connectivity index (χ3n) is 6.96. The van der Waals surface area contributed by atoms with Crippen LogP contribution in [-0.2, 0) is 32.6 Å². The van der Waals surface area contributed by atoms with Gasteiger partial charge in [-0.1, -0.05) is 89.5 Å². The molecule has 0 fully saturated rings. The molecule has 0 radical (unpaired) electrons. The van der Waals surface area contributed by atoms with Gasteiger partial charge in [-0.25, -0.2) is 8.42 Å². The molecule has 0 spiro atoms. The van der Waals surface area contributed by atoms with Gasteiger partial charge < -0.3 is 10.2 Å². The van der Waals surface area contributed by atoms with Gasteiger partial charge in [0.15, 0.2) is 0 Å². The van der Waals surface area contributed by atoms with Gasteiger partial charge in [-0.3, -0.25) is 13.9 Å². The van der Waals surface area contributed by atoms with Gasteiger partial charge in [0.1, 0.15) is 12.6 Å². The van der Waals surface area contributed by atoms with Crippen molar-refractivity contribution >= 4 is 39.1 Å². The van der Waals surface area contributed by atoms with Crippen LogP contribution < -0.4 is 9.62 Å². The molecule has 0 aliphatic carbocycles. The standard InChI is InChI=1S/C33H34ClN3O4S/c1-24-12-16-29(17-13-24)37(42(40,41)30-18-14-28(34)15-19-30)23-32(38)36(22-27-11-7-8-25(2)20-27)31(33(39)35-3)21-26-9-5-4-6-10-26/h4-20,31H,21-23H2,1-3H3,(H,35,39). The molecule has 4 aromatic carbocycles. The molecule has 2 amide bonds. The van der Waals surface area contributed by atoms with Gasteiger partial charge in [-0.15, -0.1) is 0 Å². The number of anilines is 1. The zero-order chi connectivity index (χ0) is 30.3. The number of hydrogen-bond donors (Lipinski definition) is 1. The third-order valence-corrected chi connectivity index (χ3v) is 9.00. The number of nitrogens with zero attached hydrogens (tertiary/aromatic N) is 2. The first kappa shape index (κ1) is 30.8. The van der Waals surface area contributed by atoms with E-state index in [1.807, 2.05) is 68.4 Å². The fourth-order valence-electron chi connectivity index (χ4n) is 4.70. The minimum Gasteiger partial charge on any atom is -0.357 e. The molecule has 0 saturated heterocycles. The van der Waals surface area contributed by atoms with Gasteiger partial charge in [0.2, 0.25) is 11.8 Å². The molecule has 1 N–H and O–H groups in total. The van der Waals surface area contributed by atoms with Crippen molar-refractivity contribution in [1.29, 1.82) is 0 Å². The average molecular weight is 604 g/mol. The Morgan fingerprint density at radius 1 is 0.810 bits per heavy atom. The molecule has 0 heterocycles. The SMILES string of the molecule is CNC(=O)C(Cc1ccccc1)N(Cc1cccc(C)c1)C(=O)CN(c1ccc(C)cc1)S(=O)(=O)c1ccc(Cl)cc1. The number of aryl methyl sites for hydroxylation is 2. The van der Waals surface area contributed by atoms with Crippen LogP contribution in [0.1, 0.15) is 22.3 Å². The highest BCUT2D eigenvalue weighted by molar-refractivity contribution is 7.92. The number of benzene rings is 4. The highest BCUT2D eigenvalue weighted by Gasteiger charge is 2.34. The van der Waals surface area contributed by atoms with Gasteiger partial charge in [-0.05, 0) is 61.4 Å². The van der Waals surface area contributed by atoms with E-state index in [4.69, 9.17) is 11.6 Å². The van der Waals surface area contributed by atoms with Gasteiger partial charge >= 0.3 is 0 Å². The number of likely N-dealkylation sites (N-methyl/N-ethyl adjacent to an activating group) is 1. The van der Waals surface area contributed by atoms with Crippen LogP contribution in [0.5, 0.6) is 0 Å². The molecule has 42 heavy (non-hydrogen) atoms. The second-order valence-corrected chi connectivity index (χ2v) is 12.4. The van der Waals surface area contributed by atoms with Crippen molar-refractivity contribution in [3.8, 4) is 0 Å². The molecule has 1 atom stereocenters. The molecule has 4 rings (SSSR count).